The zero-order valence-electron chi connectivity index (χ0n) is 18.3. The molecular formula is C21H40N4O2S. The highest BCUT2D eigenvalue weighted by Gasteiger charge is 2.40. The molecule has 1 spiro atoms. The van der Waals surface area contributed by atoms with E-state index in [0.29, 0.717) is 12.0 Å². The number of aliphatic imine (C=N–C) groups is 1. The highest BCUT2D eigenvalue weighted by atomic mass is 32.2. The molecule has 0 aromatic rings. The molecule has 1 amide bonds. The van der Waals surface area contributed by atoms with Crippen molar-refractivity contribution in [1.29, 1.82) is 0 Å². The maximum atomic E-state index is 12.0. The lowest BCUT2D eigenvalue weighted by Crippen LogP contribution is -2.52. The Hall–Kier alpha value is -0.950. The summed E-state index contributed by atoms with van der Waals surface area (Å²) < 4.78 is 6.15. The fourth-order valence-electron chi connectivity index (χ4n) is 3.83. The number of rotatable bonds is 9. The Labute approximate surface area is 175 Å². The molecule has 28 heavy (non-hydrogen) atoms. The third-order valence-corrected chi connectivity index (χ3v) is 7.10. The van der Waals surface area contributed by atoms with Gasteiger partial charge in [0.25, 0.3) is 0 Å². The summed E-state index contributed by atoms with van der Waals surface area (Å²) >= 11 is 1.99. The molecule has 2 saturated heterocycles. The number of carbonyl (C=O) groups excluding carboxylic acids is 1. The van der Waals surface area contributed by atoms with Crippen molar-refractivity contribution in [3.8, 4) is 0 Å². The van der Waals surface area contributed by atoms with Gasteiger partial charge in [-0.15, -0.1) is 0 Å². The fraction of sp³-hybridized carbons (Fsp3) is 0.905. The first-order chi connectivity index (χ1) is 13.5. The number of amides is 1. The van der Waals surface area contributed by atoms with Crippen molar-refractivity contribution in [2.45, 2.75) is 70.4 Å². The molecule has 7 heteroatoms. The molecule has 6 nitrogen and oxygen atoms in total. The van der Waals surface area contributed by atoms with E-state index in [4.69, 9.17) is 4.74 Å². The molecule has 2 aliphatic rings. The van der Waals surface area contributed by atoms with Gasteiger partial charge in [0.1, 0.15) is 6.54 Å². The SMILES string of the molecule is CCCCC(CC)CNC(=NCC(=O)N(C)C)NC1CCOC2(CCSC2)C1. The lowest BCUT2D eigenvalue weighted by atomic mass is 9.90. The number of nitrogens with zero attached hydrogens (tertiary/aromatic N) is 2. The number of nitrogens with one attached hydrogen (secondary N) is 2. The number of ether oxygens (including phenoxy) is 1. The third-order valence-electron chi connectivity index (χ3n) is 5.87. The molecule has 2 N–H and O–H groups in total. The average molecular weight is 413 g/mol. The van der Waals surface area contributed by atoms with Crippen LogP contribution in [0, 0.1) is 5.92 Å². The summed E-state index contributed by atoms with van der Waals surface area (Å²) in [5, 5.41) is 7.14. The van der Waals surface area contributed by atoms with Crippen molar-refractivity contribution in [2.75, 3.05) is 45.3 Å². The van der Waals surface area contributed by atoms with Crippen LogP contribution in [0.15, 0.2) is 4.99 Å². The maximum absolute atomic E-state index is 12.0. The monoisotopic (exact) mass is 412 g/mol. The fourth-order valence-corrected chi connectivity index (χ4v) is 5.21. The Morgan fingerprint density at radius 2 is 2.21 bits per heavy atom. The van der Waals surface area contributed by atoms with Crippen molar-refractivity contribution in [2.24, 2.45) is 10.9 Å². The Bertz CT molecular complexity index is 507. The topological polar surface area (TPSA) is 66.0 Å². The predicted molar refractivity (Wildman–Crippen MR) is 119 cm³/mol. The van der Waals surface area contributed by atoms with Crippen LogP contribution in [0.2, 0.25) is 0 Å². The lowest BCUT2D eigenvalue weighted by Gasteiger charge is -2.38. The highest BCUT2D eigenvalue weighted by molar-refractivity contribution is 7.99. The van der Waals surface area contributed by atoms with Crippen LogP contribution in [0.1, 0.15) is 58.8 Å². The van der Waals surface area contributed by atoms with E-state index in [0.717, 1.165) is 50.5 Å². The second-order valence-corrected chi connectivity index (χ2v) is 9.52. The van der Waals surface area contributed by atoms with Crippen molar-refractivity contribution >= 4 is 23.6 Å². The minimum atomic E-state index is 0.0229. The number of thioether (sulfide) groups is 1. The minimum absolute atomic E-state index is 0.0229. The molecular weight excluding hydrogens is 372 g/mol. The Morgan fingerprint density at radius 3 is 2.86 bits per heavy atom. The summed E-state index contributed by atoms with van der Waals surface area (Å²) in [5.41, 5.74) is 0.0399. The molecule has 0 aliphatic carbocycles. The number of unbranched alkanes of at least 4 members (excludes halogenated alkanes) is 1. The summed E-state index contributed by atoms with van der Waals surface area (Å²) in [5.74, 6) is 3.73. The molecule has 2 rings (SSSR count). The smallest absolute Gasteiger partial charge is 0.243 e. The van der Waals surface area contributed by atoms with Crippen molar-refractivity contribution < 1.29 is 9.53 Å². The van der Waals surface area contributed by atoms with Crippen LogP contribution in [0.4, 0.5) is 0 Å². The van der Waals surface area contributed by atoms with Gasteiger partial charge in [-0.2, -0.15) is 11.8 Å². The van der Waals surface area contributed by atoms with E-state index >= 15 is 0 Å². The molecule has 2 heterocycles. The summed E-state index contributed by atoms with van der Waals surface area (Å²) in [6.07, 6.45) is 8.05. The zero-order valence-corrected chi connectivity index (χ0v) is 19.1. The summed E-state index contributed by atoms with van der Waals surface area (Å²) in [6.45, 7) is 6.38. The Balaban J connectivity index is 1.96. The number of likely N-dealkylation sites (N-methyl/N-ethyl adjacent to an activating group) is 1. The van der Waals surface area contributed by atoms with Crippen LogP contribution in [-0.2, 0) is 9.53 Å². The summed E-state index contributed by atoms with van der Waals surface area (Å²) in [6, 6.07) is 0.351. The molecule has 0 aromatic heterocycles. The van der Waals surface area contributed by atoms with Gasteiger partial charge < -0.3 is 20.3 Å². The second-order valence-electron chi connectivity index (χ2n) is 8.42. The van der Waals surface area contributed by atoms with E-state index in [9.17, 15) is 4.79 Å². The summed E-state index contributed by atoms with van der Waals surface area (Å²) in [4.78, 5) is 18.2. The standard InChI is InChI=1S/C21H40N4O2S/c1-5-7-8-17(6-2)14-22-20(23-15-19(26)25(3)4)24-18-9-11-27-21(13-18)10-12-28-16-21/h17-18H,5-16H2,1-4H3,(H2,22,23,24). The van der Waals surface area contributed by atoms with Crippen molar-refractivity contribution in [3.05, 3.63) is 0 Å². The van der Waals surface area contributed by atoms with Gasteiger partial charge in [0.2, 0.25) is 5.91 Å². The number of hydrogen-bond donors (Lipinski definition) is 2. The molecule has 0 saturated carbocycles. The molecule has 0 radical (unpaired) electrons. The van der Waals surface area contributed by atoms with Gasteiger partial charge >= 0.3 is 0 Å². The molecule has 2 fully saturated rings. The van der Waals surface area contributed by atoms with Crippen LogP contribution in [-0.4, -0.2) is 73.7 Å². The molecule has 0 bridgehead atoms. The third kappa shape index (κ3) is 7.47. The van der Waals surface area contributed by atoms with Gasteiger partial charge in [0.05, 0.1) is 5.60 Å². The number of hydrogen-bond acceptors (Lipinski definition) is 4. The number of guanidine groups is 1. The van der Waals surface area contributed by atoms with E-state index in [-0.39, 0.29) is 18.1 Å². The van der Waals surface area contributed by atoms with E-state index in [1.54, 1.807) is 19.0 Å². The number of carbonyl (C=O) groups is 1. The highest BCUT2D eigenvalue weighted by Crippen LogP contribution is 2.38. The minimum Gasteiger partial charge on any atom is -0.374 e. The van der Waals surface area contributed by atoms with Gasteiger partial charge in [0.15, 0.2) is 5.96 Å². The van der Waals surface area contributed by atoms with Gasteiger partial charge in [0, 0.05) is 39.0 Å². The zero-order chi connectivity index (χ0) is 20.4. The largest absolute Gasteiger partial charge is 0.374 e. The maximum Gasteiger partial charge on any atom is 0.243 e. The summed E-state index contributed by atoms with van der Waals surface area (Å²) in [7, 11) is 3.55. The van der Waals surface area contributed by atoms with Crippen LogP contribution >= 0.6 is 11.8 Å². The lowest BCUT2D eigenvalue weighted by molar-refractivity contribution is -0.127. The van der Waals surface area contributed by atoms with E-state index in [1.807, 2.05) is 11.8 Å². The van der Waals surface area contributed by atoms with Crippen LogP contribution < -0.4 is 10.6 Å². The molecule has 3 unspecified atom stereocenters. The van der Waals surface area contributed by atoms with Gasteiger partial charge in [-0.3, -0.25) is 4.79 Å². The molecule has 0 aromatic carbocycles. The first kappa shape index (κ1) is 23.3. The Morgan fingerprint density at radius 1 is 1.39 bits per heavy atom. The molecule has 162 valence electrons. The van der Waals surface area contributed by atoms with Crippen molar-refractivity contribution in [1.82, 2.24) is 15.5 Å². The Kier molecular flexibility index (Phi) is 9.92. The van der Waals surface area contributed by atoms with Gasteiger partial charge in [-0.25, -0.2) is 4.99 Å². The second kappa shape index (κ2) is 11.9. The predicted octanol–water partition coefficient (Wildman–Crippen LogP) is 2.88. The van der Waals surface area contributed by atoms with E-state index in [2.05, 4.69) is 29.5 Å². The van der Waals surface area contributed by atoms with Crippen LogP contribution in [0.25, 0.3) is 0 Å². The van der Waals surface area contributed by atoms with Gasteiger partial charge in [-0.05, 0) is 37.4 Å². The average Bonchev–Trinajstić information content (AvgIpc) is 3.12. The van der Waals surface area contributed by atoms with Crippen LogP contribution in [0.5, 0.6) is 0 Å². The van der Waals surface area contributed by atoms with Gasteiger partial charge in [-0.1, -0.05) is 33.1 Å². The van der Waals surface area contributed by atoms with E-state index in [1.165, 1.54) is 25.0 Å². The normalized spacial score (nSPS) is 26.3. The molecule has 2 aliphatic heterocycles. The van der Waals surface area contributed by atoms with E-state index < -0.39 is 0 Å². The molecule has 3 atom stereocenters. The van der Waals surface area contributed by atoms with Crippen LogP contribution in [0.3, 0.4) is 0 Å². The first-order valence-corrected chi connectivity index (χ1v) is 12.1. The van der Waals surface area contributed by atoms with Crippen molar-refractivity contribution in [3.63, 3.8) is 0 Å². The quantitative estimate of drug-likeness (QED) is 0.450. The first-order valence-electron chi connectivity index (χ1n) is 10.9.